The third-order valence-corrected chi connectivity index (χ3v) is 3.57. The molecule has 1 aromatic heterocycles. The van der Waals surface area contributed by atoms with Gasteiger partial charge in [0.1, 0.15) is 5.75 Å². The van der Waals surface area contributed by atoms with E-state index in [9.17, 15) is 0 Å². The highest BCUT2D eigenvalue weighted by Gasteiger charge is 2.35. The molecule has 88 valence electrons. The summed E-state index contributed by atoms with van der Waals surface area (Å²) in [5.41, 5.74) is 2.53. The van der Waals surface area contributed by atoms with E-state index in [-0.39, 0.29) is 0 Å². The monoisotopic (exact) mass is 228 g/mol. The van der Waals surface area contributed by atoms with Gasteiger partial charge in [0, 0.05) is 24.3 Å². The highest BCUT2D eigenvalue weighted by Crippen LogP contribution is 2.36. The zero-order valence-corrected chi connectivity index (χ0v) is 9.73. The Bertz CT molecular complexity index is 467. The summed E-state index contributed by atoms with van der Waals surface area (Å²) in [4.78, 5) is 4.22. The Kier molecular flexibility index (Phi) is 2.69. The van der Waals surface area contributed by atoms with Crippen molar-refractivity contribution in [3.05, 3.63) is 42.9 Å². The van der Waals surface area contributed by atoms with Crippen molar-refractivity contribution in [1.29, 1.82) is 0 Å². The van der Waals surface area contributed by atoms with Gasteiger partial charge in [0.25, 0.3) is 0 Å². The molecule has 0 aromatic carbocycles. The molecule has 1 aliphatic heterocycles. The van der Waals surface area contributed by atoms with Crippen LogP contribution >= 0.6 is 0 Å². The number of nitrogens with one attached hydrogen (secondary N) is 1. The van der Waals surface area contributed by atoms with Crippen LogP contribution in [0.5, 0.6) is 5.75 Å². The fraction of sp³-hybridized carbons (Fsp3) is 0.357. The fourth-order valence-corrected chi connectivity index (χ4v) is 2.65. The van der Waals surface area contributed by atoms with E-state index in [0.29, 0.717) is 6.04 Å². The highest BCUT2D eigenvalue weighted by molar-refractivity contribution is 5.72. The van der Waals surface area contributed by atoms with E-state index in [1.165, 1.54) is 24.7 Å². The molecule has 17 heavy (non-hydrogen) atoms. The maximum Gasteiger partial charge on any atom is 0.145 e. The summed E-state index contributed by atoms with van der Waals surface area (Å²) in [5.74, 6) is 1.55. The Balaban J connectivity index is 1.90. The van der Waals surface area contributed by atoms with Gasteiger partial charge in [0.05, 0.1) is 12.5 Å². The molecule has 0 amide bonds. The molecule has 1 aliphatic carbocycles. The summed E-state index contributed by atoms with van der Waals surface area (Å²) >= 11 is 0. The number of nitrogens with zero attached hydrogens (tertiary/aromatic N) is 1. The van der Waals surface area contributed by atoms with Gasteiger partial charge in [-0.15, -0.1) is 0 Å². The van der Waals surface area contributed by atoms with Crippen LogP contribution < -0.4 is 10.1 Å². The smallest absolute Gasteiger partial charge is 0.145 e. The molecule has 0 bridgehead atoms. The molecule has 2 aliphatic rings. The highest BCUT2D eigenvalue weighted by atomic mass is 16.5. The minimum absolute atomic E-state index is 0.518. The SMILES string of the molecule is C=COc1cncc(C2=CCCC3CNC23)c1. The number of hydrogen-bond donors (Lipinski definition) is 1. The summed E-state index contributed by atoms with van der Waals surface area (Å²) in [6.45, 7) is 4.71. The van der Waals surface area contributed by atoms with Crippen LogP contribution in [0.25, 0.3) is 5.57 Å². The minimum atomic E-state index is 0.518. The van der Waals surface area contributed by atoms with Crippen LogP contribution in [0.4, 0.5) is 0 Å². The average molecular weight is 228 g/mol. The molecule has 3 heteroatoms. The second-order valence-electron chi connectivity index (χ2n) is 4.58. The van der Waals surface area contributed by atoms with Crippen LogP contribution in [-0.2, 0) is 0 Å². The minimum Gasteiger partial charge on any atom is -0.464 e. The first-order valence-corrected chi connectivity index (χ1v) is 6.05. The van der Waals surface area contributed by atoms with Crippen molar-refractivity contribution in [3.63, 3.8) is 0 Å². The van der Waals surface area contributed by atoms with E-state index >= 15 is 0 Å². The molecule has 3 nitrogen and oxygen atoms in total. The number of aromatic nitrogens is 1. The normalized spacial score (nSPS) is 26.5. The van der Waals surface area contributed by atoms with E-state index in [2.05, 4.69) is 23.0 Å². The van der Waals surface area contributed by atoms with Crippen molar-refractivity contribution in [2.75, 3.05) is 6.54 Å². The number of fused-ring (bicyclic) bond motifs is 1. The first kappa shape index (κ1) is 10.5. The molecule has 1 aromatic rings. The second kappa shape index (κ2) is 4.34. The maximum absolute atomic E-state index is 5.27. The van der Waals surface area contributed by atoms with Crippen molar-refractivity contribution in [2.24, 2.45) is 5.92 Å². The van der Waals surface area contributed by atoms with Gasteiger partial charge in [-0.1, -0.05) is 12.7 Å². The summed E-state index contributed by atoms with van der Waals surface area (Å²) in [7, 11) is 0. The van der Waals surface area contributed by atoms with E-state index in [0.717, 1.165) is 23.8 Å². The summed E-state index contributed by atoms with van der Waals surface area (Å²) in [6, 6.07) is 2.55. The number of ether oxygens (including phenoxy) is 1. The molecule has 1 fully saturated rings. The first-order valence-electron chi connectivity index (χ1n) is 6.05. The molecule has 2 atom stereocenters. The van der Waals surface area contributed by atoms with Gasteiger partial charge in [-0.3, -0.25) is 4.98 Å². The molecule has 0 saturated carbocycles. The van der Waals surface area contributed by atoms with Crippen LogP contribution in [0.1, 0.15) is 18.4 Å². The second-order valence-corrected chi connectivity index (χ2v) is 4.58. The predicted octanol–water partition coefficient (Wildman–Crippen LogP) is 2.37. The van der Waals surface area contributed by atoms with Gasteiger partial charge in [-0.2, -0.15) is 0 Å². The largest absolute Gasteiger partial charge is 0.464 e. The number of rotatable bonds is 3. The number of pyridine rings is 1. The fourth-order valence-electron chi connectivity index (χ4n) is 2.65. The van der Waals surface area contributed by atoms with Crippen molar-refractivity contribution in [1.82, 2.24) is 10.3 Å². The van der Waals surface area contributed by atoms with Crippen molar-refractivity contribution in [2.45, 2.75) is 18.9 Å². The lowest BCUT2D eigenvalue weighted by Gasteiger charge is -2.42. The zero-order valence-electron chi connectivity index (χ0n) is 9.73. The molecule has 1 N–H and O–H groups in total. The van der Waals surface area contributed by atoms with E-state index in [4.69, 9.17) is 4.74 Å². The summed E-state index contributed by atoms with van der Waals surface area (Å²) in [5, 5.41) is 3.49. The average Bonchev–Trinajstić information content (AvgIpc) is 2.31. The zero-order chi connectivity index (χ0) is 11.7. The topological polar surface area (TPSA) is 34.1 Å². The standard InChI is InChI=1S/C14H16N2O/c1-2-17-12-6-11(7-15-9-12)13-5-3-4-10-8-16-14(10)13/h2,5-7,9-10,14,16H,1,3-4,8H2. The Morgan fingerprint density at radius 3 is 3.18 bits per heavy atom. The Morgan fingerprint density at radius 2 is 2.41 bits per heavy atom. The van der Waals surface area contributed by atoms with E-state index in [1.54, 1.807) is 6.20 Å². The first-order chi connectivity index (χ1) is 8.38. The molecule has 2 heterocycles. The van der Waals surface area contributed by atoms with Crippen LogP contribution in [0.3, 0.4) is 0 Å². The van der Waals surface area contributed by atoms with Gasteiger partial charge in [0.2, 0.25) is 0 Å². The Morgan fingerprint density at radius 1 is 1.47 bits per heavy atom. The van der Waals surface area contributed by atoms with E-state index < -0.39 is 0 Å². The van der Waals surface area contributed by atoms with Gasteiger partial charge >= 0.3 is 0 Å². The van der Waals surface area contributed by atoms with Crippen LogP contribution in [-0.4, -0.2) is 17.6 Å². The lowest BCUT2D eigenvalue weighted by Crippen LogP contribution is -2.54. The lowest BCUT2D eigenvalue weighted by atomic mass is 9.76. The van der Waals surface area contributed by atoms with Crippen LogP contribution in [0.15, 0.2) is 37.4 Å². The summed E-state index contributed by atoms with van der Waals surface area (Å²) < 4.78 is 5.27. The summed E-state index contributed by atoms with van der Waals surface area (Å²) in [6.07, 6.45) is 9.84. The van der Waals surface area contributed by atoms with Crippen molar-refractivity contribution in [3.8, 4) is 5.75 Å². The molecular weight excluding hydrogens is 212 g/mol. The van der Waals surface area contributed by atoms with E-state index in [1.807, 2.05) is 12.3 Å². The molecule has 2 unspecified atom stereocenters. The molecule has 0 spiro atoms. The Hall–Kier alpha value is -1.61. The molecular formula is C14H16N2O. The Labute approximate surface area is 101 Å². The molecule has 3 rings (SSSR count). The van der Waals surface area contributed by atoms with Gasteiger partial charge in [0.15, 0.2) is 0 Å². The maximum atomic E-state index is 5.27. The third-order valence-electron chi connectivity index (χ3n) is 3.57. The van der Waals surface area contributed by atoms with Crippen LogP contribution in [0.2, 0.25) is 0 Å². The molecule has 0 radical (unpaired) electrons. The van der Waals surface area contributed by atoms with Gasteiger partial charge in [-0.05, 0) is 30.4 Å². The number of hydrogen-bond acceptors (Lipinski definition) is 3. The quantitative estimate of drug-likeness (QED) is 0.806. The third kappa shape index (κ3) is 1.87. The van der Waals surface area contributed by atoms with Gasteiger partial charge < -0.3 is 10.1 Å². The van der Waals surface area contributed by atoms with Gasteiger partial charge in [-0.25, -0.2) is 0 Å². The lowest BCUT2D eigenvalue weighted by molar-refractivity contribution is 0.262. The van der Waals surface area contributed by atoms with Crippen LogP contribution in [0, 0.1) is 5.92 Å². The van der Waals surface area contributed by atoms with Crippen molar-refractivity contribution < 1.29 is 4.74 Å². The van der Waals surface area contributed by atoms with Crippen molar-refractivity contribution >= 4 is 5.57 Å². The molecule has 1 saturated heterocycles. The number of allylic oxidation sites excluding steroid dienone is 1. The predicted molar refractivity (Wildman–Crippen MR) is 67.6 cm³/mol.